The number of carbonyl (C=O) groups is 1. The Kier molecular flexibility index (Phi) is 8.83. The molecule has 4 aromatic rings. The molecular weight excluding hydrogens is 693 g/mol. The highest BCUT2D eigenvalue weighted by molar-refractivity contribution is 7.90. The first-order chi connectivity index (χ1) is 24.4. The second-order valence-electron chi connectivity index (χ2n) is 13.2. The van der Waals surface area contributed by atoms with Gasteiger partial charge in [-0.2, -0.15) is 0 Å². The van der Waals surface area contributed by atoms with Gasteiger partial charge in [0, 0.05) is 62.1 Å². The number of piperazine rings is 1. The van der Waals surface area contributed by atoms with Gasteiger partial charge in [0.1, 0.15) is 5.82 Å². The Morgan fingerprint density at radius 1 is 1.08 bits per heavy atom. The number of allylic oxidation sites excluding steroid dienone is 2. The number of carbonyl (C=O) groups excluding carboxylic acids is 1. The highest BCUT2D eigenvalue weighted by Gasteiger charge is 2.40. The molecule has 2 saturated carbocycles. The molecule has 11 nitrogen and oxygen atoms in total. The van der Waals surface area contributed by atoms with Crippen LogP contribution < -0.4 is 16.2 Å². The zero-order chi connectivity index (χ0) is 36.4. The van der Waals surface area contributed by atoms with Crippen LogP contribution in [0.25, 0.3) is 38.6 Å². The van der Waals surface area contributed by atoms with Crippen molar-refractivity contribution in [3.05, 3.63) is 75.9 Å². The minimum absolute atomic E-state index is 0.0116. The highest BCUT2D eigenvalue weighted by atomic mass is 35.5. The van der Waals surface area contributed by atoms with Crippen molar-refractivity contribution in [3.63, 3.8) is 0 Å². The van der Waals surface area contributed by atoms with Gasteiger partial charge in [-0.05, 0) is 56.0 Å². The third kappa shape index (κ3) is 6.01. The molecule has 3 heterocycles. The number of hydrogen-bond acceptors (Lipinski definition) is 9. The van der Waals surface area contributed by atoms with E-state index in [9.17, 15) is 13.2 Å². The van der Waals surface area contributed by atoms with Crippen LogP contribution in [0.5, 0.6) is 0 Å². The molecule has 2 aromatic carbocycles. The highest BCUT2D eigenvalue weighted by Crippen LogP contribution is 2.47. The molecule has 3 aliphatic rings. The average molecular weight is 730 g/mol. The summed E-state index contributed by atoms with van der Waals surface area (Å²) in [6, 6.07) is 10.4. The zero-order valence-electron chi connectivity index (χ0n) is 28.3. The first-order valence-corrected chi connectivity index (χ1v) is 19.0. The molecule has 1 amide bonds. The van der Waals surface area contributed by atoms with Crippen molar-refractivity contribution in [3.8, 4) is 11.3 Å². The number of rotatable bonds is 9. The van der Waals surface area contributed by atoms with Crippen molar-refractivity contribution in [2.24, 2.45) is 21.8 Å². The molecule has 2 aromatic heterocycles. The maximum Gasteiger partial charge on any atom is 0.276 e. The number of benzene rings is 2. The number of fused-ring (bicyclic) bond motifs is 2. The summed E-state index contributed by atoms with van der Waals surface area (Å²) >= 11 is 7.02. The van der Waals surface area contributed by atoms with Crippen LogP contribution >= 0.6 is 11.6 Å². The number of aliphatic imine (C=N–C) groups is 2. The van der Waals surface area contributed by atoms with E-state index in [2.05, 4.69) is 28.3 Å². The zero-order valence-corrected chi connectivity index (χ0v) is 29.9. The van der Waals surface area contributed by atoms with Crippen LogP contribution in [0, 0.1) is 17.7 Å². The minimum atomic E-state index is -4.27. The fraction of sp³-hybridized carbons (Fsp3) is 0.324. The van der Waals surface area contributed by atoms with Crippen molar-refractivity contribution in [1.29, 1.82) is 0 Å². The van der Waals surface area contributed by atoms with Crippen molar-refractivity contribution in [2.45, 2.75) is 30.6 Å². The standard InChI is InChI=1S/C37H37ClFN7O4S/c1-5-27(47)44-14-16-45(17-15-44)34-24-19-25(38)28(32-23-9-7-6-8-22(23)18-26(40)43-32)29(39)33(24)46(37(48)36(34)51(4,49)50)35(30(41-2)20-10-11-20)31(42-3)21-12-13-21/h5-9,18-21H,1-2,10-17H2,3-4H3,(H2,40,43)/b35-30+,42-31-. The molecule has 0 bridgehead atoms. The van der Waals surface area contributed by atoms with E-state index < -0.39 is 26.1 Å². The molecule has 0 radical (unpaired) electrons. The van der Waals surface area contributed by atoms with Crippen molar-refractivity contribution < 1.29 is 17.6 Å². The summed E-state index contributed by atoms with van der Waals surface area (Å²) in [6.45, 7) is 8.16. The smallest absolute Gasteiger partial charge is 0.276 e. The van der Waals surface area contributed by atoms with Gasteiger partial charge in [0.2, 0.25) is 5.91 Å². The van der Waals surface area contributed by atoms with Crippen LogP contribution in [0.4, 0.5) is 15.9 Å². The summed E-state index contributed by atoms with van der Waals surface area (Å²) in [4.78, 5) is 43.8. The molecule has 1 saturated heterocycles. The van der Waals surface area contributed by atoms with E-state index >= 15 is 9.18 Å². The van der Waals surface area contributed by atoms with Crippen LogP contribution in [0.2, 0.25) is 5.02 Å². The second kappa shape index (κ2) is 13.0. The Hall–Kier alpha value is -4.88. The molecule has 51 heavy (non-hydrogen) atoms. The number of aromatic nitrogens is 2. The largest absolute Gasteiger partial charge is 0.384 e. The Balaban J connectivity index is 1.66. The molecule has 7 rings (SSSR count). The van der Waals surface area contributed by atoms with E-state index in [1.165, 1.54) is 12.1 Å². The predicted molar refractivity (Wildman–Crippen MR) is 202 cm³/mol. The number of hydrogen-bond donors (Lipinski definition) is 1. The molecule has 14 heteroatoms. The monoisotopic (exact) mass is 729 g/mol. The molecule has 264 valence electrons. The lowest BCUT2D eigenvalue weighted by molar-refractivity contribution is -0.126. The Morgan fingerprint density at radius 3 is 2.33 bits per heavy atom. The van der Waals surface area contributed by atoms with Gasteiger partial charge in [0.15, 0.2) is 20.5 Å². The summed E-state index contributed by atoms with van der Waals surface area (Å²) < 4.78 is 46.7. The maximum atomic E-state index is 18.0. The van der Waals surface area contributed by atoms with Gasteiger partial charge < -0.3 is 15.5 Å². The Morgan fingerprint density at radius 2 is 1.75 bits per heavy atom. The van der Waals surface area contributed by atoms with Gasteiger partial charge in [0.05, 0.1) is 44.6 Å². The molecule has 2 N–H and O–H groups in total. The fourth-order valence-corrected chi connectivity index (χ4v) is 8.44. The van der Waals surface area contributed by atoms with Crippen LogP contribution in [0.1, 0.15) is 25.7 Å². The quantitative estimate of drug-likeness (QED) is 0.175. The molecule has 1 aliphatic heterocycles. The summed E-state index contributed by atoms with van der Waals surface area (Å²) in [6.07, 6.45) is 5.31. The third-order valence-corrected chi connectivity index (χ3v) is 11.2. The van der Waals surface area contributed by atoms with Crippen molar-refractivity contribution >= 4 is 78.7 Å². The van der Waals surface area contributed by atoms with E-state index in [1.54, 1.807) is 35.0 Å². The number of nitrogens with two attached hydrogens (primary N) is 1. The average Bonchev–Trinajstić information content (AvgIpc) is 4.03. The minimum Gasteiger partial charge on any atom is -0.384 e. The van der Waals surface area contributed by atoms with Crippen molar-refractivity contribution in [1.82, 2.24) is 14.5 Å². The fourth-order valence-electron chi connectivity index (χ4n) is 7.16. The van der Waals surface area contributed by atoms with Crippen LogP contribution in [0.3, 0.4) is 0 Å². The lowest BCUT2D eigenvalue weighted by atomic mass is 9.99. The van der Waals surface area contributed by atoms with Gasteiger partial charge in [0.25, 0.3) is 5.56 Å². The molecule has 2 aliphatic carbocycles. The number of halogens is 2. The van der Waals surface area contributed by atoms with Gasteiger partial charge in [-0.25, -0.2) is 17.8 Å². The van der Waals surface area contributed by atoms with Gasteiger partial charge in [-0.15, -0.1) is 0 Å². The molecule has 0 atom stereocenters. The lowest BCUT2D eigenvalue weighted by Gasteiger charge is -2.37. The topological polar surface area (TPSA) is 143 Å². The summed E-state index contributed by atoms with van der Waals surface area (Å²) in [5.74, 6) is -1.12. The maximum absolute atomic E-state index is 18.0. The van der Waals surface area contributed by atoms with E-state index in [4.69, 9.17) is 17.3 Å². The van der Waals surface area contributed by atoms with Crippen molar-refractivity contribution in [2.75, 3.05) is 50.1 Å². The summed E-state index contributed by atoms with van der Waals surface area (Å²) in [7, 11) is -2.66. The lowest BCUT2D eigenvalue weighted by Crippen LogP contribution is -2.49. The number of nitrogen functional groups attached to an aromatic ring is 1. The number of anilines is 2. The third-order valence-electron chi connectivity index (χ3n) is 9.78. The summed E-state index contributed by atoms with van der Waals surface area (Å²) in [5, 5.41) is 1.32. The summed E-state index contributed by atoms with van der Waals surface area (Å²) in [5.41, 5.74) is 6.39. The SMILES string of the molecule is C=CC(=O)N1CCN(c2c(S(C)(=O)=O)c(=O)n(C(/C(=N\C)C3CC3)=C(/N=C)C3CC3)c3c(F)c(-c4nc(N)cc5ccccc45)c(Cl)cc23)CC1. The Labute approximate surface area is 299 Å². The van der Waals surface area contributed by atoms with Crippen LogP contribution in [-0.2, 0) is 14.6 Å². The van der Waals surface area contributed by atoms with E-state index in [0.717, 1.165) is 36.5 Å². The first kappa shape index (κ1) is 34.6. The molecule has 0 unspecified atom stereocenters. The normalized spacial score (nSPS) is 17.5. The molecule has 0 spiro atoms. The van der Waals surface area contributed by atoms with E-state index in [0.29, 0.717) is 22.2 Å². The molecule has 3 fully saturated rings. The number of pyridine rings is 2. The van der Waals surface area contributed by atoms with Crippen LogP contribution in [0.15, 0.2) is 74.4 Å². The first-order valence-electron chi connectivity index (χ1n) is 16.7. The number of nitrogens with zero attached hydrogens (tertiary/aromatic N) is 6. The molecular formula is C37H37ClFN7O4S. The second-order valence-corrected chi connectivity index (χ2v) is 15.6. The van der Waals surface area contributed by atoms with Gasteiger partial charge >= 0.3 is 0 Å². The van der Waals surface area contributed by atoms with E-state index in [1.807, 2.05) is 12.1 Å². The van der Waals surface area contributed by atoms with Gasteiger partial charge in [-0.3, -0.25) is 24.1 Å². The van der Waals surface area contributed by atoms with Crippen LogP contribution in [-0.4, -0.2) is 80.7 Å². The number of sulfone groups is 1. The van der Waals surface area contributed by atoms with E-state index in [-0.39, 0.29) is 88.3 Å². The predicted octanol–water partition coefficient (Wildman–Crippen LogP) is 5.59. The van der Waals surface area contributed by atoms with Gasteiger partial charge in [-0.1, -0.05) is 42.4 Å². The Bertz CT molecular complexity index is 2410. The number of amides is 1.